The lowest BCUT2D eigenvalue weighted by Crippen LogP contribution is -2.28. The first-order valence-corrected chi connectivity index (χ1v) is 14.3. The Hall–Kier alpha value is -5.08. The quantitative estimate of drug-likeness (QED) is 0.127. The van der Waals surface area contributed by atoms with Gasteiger partial charge in [0.25, 0.3) is 0 Å². The van der Waals surface area contributed by atoms with Gasteiger partial charge in [-0.25, -0.2) is 4.57 Å². The molecule has 0 amide bonds. The van der Waals surface area contributed by atoms with Gasteiger partial charge in [-0.2, -0.15) is 0 Å². The van der Waals surface area contributed by atoms with Crippen LogP contribution >= 0.6 is 0 Å². The van der Waals surface area contributed by atoms with E-state index in [1.165, 1.54) is 76.2 Å². The highest BCUT2D eigenvalue weighted by atomic mass is 14.9. The number of hydrogen-bond donors (Lipinski definition) is 0. The van der Waals surface area contributed by atoms with Crippen molar-refractivity contribution >= 4 is 60.1 Å². The van der Waals surface area contributed by atoms with E-state index in [9.17, 15) is 0 Å². The van der Waals surface area contributed by atoms with Crippen molar-refractivity contribution in [3.63, 3.8) is 0 Å². The summed E-state index contributed by atoms with van der Waals surface area (Å²) in [6, 6.07) is 37.3. The van der Waals surface area contributed by atoms with Crippen molar-refractivity contribution < 1.29 is 4.57 Å². The van der Waals surface area contributed by atoms with Gasteiger partial charge in [-0.15, -0.1) is 0 Å². The van der Waals surface area contributed by atoms with E-state index in [1.807, 2.05) is 12.3 Å². The van der Waals surface area contributed by atoms with Gasteiger partial charge in [0.2, 0.25) is 5.52 Å². The van der Waals surface area contributed by atoms with Crippen LogP contribution in [0.1, 0.15) is 16.7 Å². The third-order valence-corrected chi connectivity index (χ3v) is 8.72. The molecule has 0 atom stereocenters. The molecule has 0 aliphatic carbocycles. The van der Waals surface area contributed by atoms with Crippen LogP contribution in [0.3, 0.4) is 0 Å². The van der Waals surface area contributed by atoms with Gasteiger partial charge >= 0.3 is 0 Å². The summed E-state index contributed by atoms with van der Waals surface area (Å²) in [5, 5.41) is 11.9. The Bertz CT molecular complexity index is 2290. The second kappa shape index (κ2) is 9.25. The molecule has 2 heteroatoms. The zero-order valence-corrected chi connectivity index (χ0v) is 23.2. The second-order valence-corrected chi connectivity index (χ2v) is 11.0. The number of benzene rings is 6. The predicted molar refractivity (Wildman–Crippen MR) is 173 cm³/mol. The normalized spacial score (nSPS) is 12.1. The van der Waals surface area contributed by atoms with E-state index in [0.29, 0.717) is 0 Å². The van der Waals surface area contributed by atoms with E-state index in [2.05, 4.69) is 139 Å². The minimum atomic E-state index is 0.836. The lowest BCUT2D eigenvalue weighted by molar-refractivity contribution is -0.643. The zero-order chi connectivity index (χ0) is 27.5. The van der Waals surface area contributed by atoms with Crippen LogP contribution in [-0.2, 0) is 13.5 Å². The summed E-state index contributed by atoms with van der Waals surface area (Å²) >= 11 is 0. The number of aromatic nitrogens is 2. The third kappa shape index (κ3) is 3.57. The SMILES string of the molecule is Cc1ccc2c3cccc4c5ccccc5c5cc[n+](C)c(c2c1/C=C/Cc1ccccc1-c1ccccn1)c5c43. The van der Waals surface area contributed by atoms with Crippen molar-refractivity contribution in [2.45, 2.75) is 13.3 Å². The van der Waals surface area contributed by atoms with E-state index in [0.717, 1.165) is 12.1 Å². The van der Waals surface area contributed by atoms with Gasteiger partial charge in [-0.1, -0.05) is 97.1 Å². The topological polar surface area (TPSA) is 16.8 Å². The maximum absolute atomic E-state index is 4.61. The number of rotatable bonds is 4. The number of nitrogens with zero attached hydrogens (tertiary/aromatic N) is 2. The molecule has 0 N–H and O–H groups in total. The molecule has 0 fully saturated rings. The second-order valence-electron chi connectivity index (χ2n) is 11.0. The molecule has 0 saturated carbocycles. The van der Waals surface area contributed by atoms with Crippen LogP contribution < -0.4 is 4.57 Å². The van der Waals surface area contributed by atoms with Crippen LogP contribution in [0.2, 0.25) is 0 Å². The molecular weight excluding hydrogens is 496 g/mol. The maximum atomic E-state index is 4.61. The minimum Gasteiger partial charge on any atom is -0.256 e. The summed E-state index contributed by atoms with van der Waals surface area (Å²) in [7, 11) is 2.19. The van der Waals surface area contributed by atoms with Crippen LogP contribution in [0.5, 0.6) is 0 Å². The number of aryl methyl sites for hydroxylation is 2. The van der Waals surface area contributed by atoms with E-state index >= 15 is 0 Å². The average molecular weight is 526 g/mol. The first kappa shape index (κ1) is 23.8. The van der Waals surface area contributed by atoms with Crippen molar-refractivity contribution in [1.82, 2.24) is 4.98 Å². The van der Waals surface area contributed by atoms with Crippen LogP contribution in [0.25, 0.3) is 71.3 Å². The van der Waals surface area contributed by atoms with Crippen molar-refractivity contribution in [3.8, 4) is 11.3 Å². The van der Waals surface area contributed by atoms with Crippen molar-refractivity contribution in [2.24, 2.45) is 7.05 Å². The van der Waals surface area contributed by atoms with Crippen molar-refractivity contribution in [2.75, 3.05) is 0 Å². The molecule has 0 saturated heterocycles. The summed E-state index contributed by atoms with van der Waals surface area (Å²) in [5.41, 5.74) is 7.35. The van der Waals surface area contributed by atoms with E-state index in [4.69, 9.17) is 0 Å². The van der Waals surface area contributed by atoms with Crippen LogP contribution in [0.15, 0.2) is 122 Å². The fraction of sp³-hybridized carbons (Fsp3) is 0.0769. The Kier molecular flexibility index (Phi) is 5.36. The summed E-state index contributed by atoms with van der Waals surface area (Å²) in [6.07, 6.45) is 9.59. The van der Waals surface area contributed by atoms with Gasteiger partial charge in [0.05, 0.1) is 16.5 Å². The molecule has 0 aliphatic heterocycles. The van der Waals surface area contributed by atoms with Crippen molar-refractivity contribution in [3.05, 3.63) is 138 Å². The van der Waals surface area contributed by atoms with E-state index in [-0.39, 0.29) is 0 Å². The smallest absolute Gasteiger partial charge is 0.222 e. The molecule has 0 unspecified atom stereocenters. The number of hydrogen-bond acceptors (Lipinski definition) is 1. The molecule has 2 heterocycles. The Morgan fingerprint density at radius 3 is 2.12 bits per heavy atom. The number of pyridine rings is 2. The highest BCUT2D eigenvalue weighted by molar-refractivity contribution is 6.39. The molecule has 194 valence electrons. The van der Waals surface area contributed by atoms with Gasteiger partial charge in [-0.05, 0) is 69.1 Å². The third-order valence-electron chi connectivity index (χ3n) is 8.72. The lowest BCUT2D eigenvalue weighted by Gasteiger charge is -2.17. The van der Waals surface area contributed by atoms with Crippen LogP contribution in [-0.4, -0.2) is 4.98 Å². The lowest BCUT2D eigenvalue weighted by atomic mass is 9.86. The number of fused-ring (bicyclic) bond motifs is 6. The predicted octanol–water partition coefficient (Wildman–Crippen LogP) is 9.34. The van der Waals surface area contributed by atoms with E-state index in [1.54, 1.807) is 0 Å². The summed E-state index contributed by atoms with van der Waals surface area (Å²) in [5.74, 6) is 0. The fourth-order valence-electron chi connectivity index (χ4n) is 6.84. The molecular formula is C39H29N2+. The Labute approximate surface area is 239 Å². The molecule has 0 spiro atoms. The molecule has 6 aromatic carbocycles. The Morgan fingerprint density at radius 1 is 0.634 bits per heavy atom. The highest BCUT2D eigenvalue weighted by Gasteiger charge is 2.23. The fourth-order valence-corrected chi connectivity index (χ4v) is 6.84. The maximum Gasteiger partial charge on any atom is 0.222 e. The molecule has 0 radical (unpaired) electrons. The highest BCUT2D eigenvalue weighted by Crippen LogP contribution is 2.44. The van der Waals surface area contributed by atoms with Gasteiger partial charge < -0.3 is 0 Å². The molecule has 2 nitrogen and oxygen atoms in total. The molecule has 0 aliphatic rings. The summed E-state index contributed by atoms with van der Waals surface area (Å²) in [6.45, 7) is 2.23. The molecule has 41 heavy (non-hydrogen) atoms. The Balaban J connectivity index is 1.40. The van der Waals surface area contributed by atoms with Gasteiger partial charge in [0.1, 0.15) is 7.05 Å². The largest absolute Gasteiger partial charge is 0.256 e. The molecule has 0 bridgehead atoms. The zero-order valence-electron chi connectivity index (χ0n) is 23.2. The average Bonchev–Trinajstić information content (AvgIpc) is 3.02. The monoisotopic (exact) mass is 525 g/mol. The number of allylic oxidation sites excluding steroid dienone is 1. The van der Waals surface area contributed by atoms with Crippen LogP contribution in [0, 0.1) is 6.92 Å². The minimum absolute atomic E-state index is 0.836. The van der Waals surface area contributed by atoms with Crippen molar-refractivity contribution in [1.29, 1.82) is 0 Å². The molecule has 8 aromatic rings. The summed E-state index contributed by atoms with van der Waals surface area (Å²) in [4.78, 5) is 4.61. The standard InChI is InChI=1S/C39H29N2/c1-25-20-21-33-32-18-10-17-31-29-14-5-6-15-30(29)34-22-24-41(2)39(38(34)36(31)32)37(33)27(25)16-9-12-26-11-3-4-13-28(26)35-19-7-8-23-40-35/h3-11,13-24H,12H2,1-2H3/q+1/b16-9+. The van der Waals surface area contributed by atoms with Gasteiger partial charge in [-0.3, -0.25) is 4.98 Å². The van der Waals surface area contributed by atoms with Crippen LogP contribution in [0.4, 0.5) is 0 Å². The molecule has 2 aromatic heterocycles. The molecule has 8 rings (SSSR count). The van der Waals surface area contributed by atoms with Gasteiger partial charge in [0.15, 0.2) is 6.20 Å². The van der Waals surface area contributed by atoms with E-state index < -0.39 is 0 Å². The van der Waals surface area contributed by atoms with Gasteiger partial charge in [0, 0.05) is 28.6 Å². The Morgan fingerprint density at radius 2 is 1.32 bits per heavy atom. The first-order chi connectivity index (χ1) is 20.2. The summed E-state index contributed by atoms with van der Waals surface area (Å²) < 4.78 is 2.32. The first-order valence-electron chi connectivity index (χ1n) is 14.3.